The molecule has 4 rings (SSSR count). The van der Waals surface area contributed by atoms with Crippen molar-refractivity contribution in [2.45, 2.75) is 32.1 Å². The number of nitrogens with one attached hydrogen (secondary N) is 1. The maximum absolute atomic E-state index is 13.7. The lowest BCUT2D eigenvalue weighted by Gasteiger charge is -2.23. The maximum Gasteiger partial charge on any atom is 0.417 e. The second kappa shape index (κ2) is 11.2. The van der Waals surface area contributed by atoms with Crippen LogP contribution in [0.15, 0.2) is 78.9 Å². The van der Waals surface area contributed by atoms with Crippen LogP contribution < -0.4 is 10.1 Å². The highest BCUT2D eigenvalue weighted by Crippen LogP contribution is 2.38. The molecule has 0 heterocycles. The molecule has 0 saturated heterocycles. The molecule has 0 aliphatic carbocycles. The van der Waals surface area contributed by atoms with Gasteiger partial charge in [-0.2, -0.15) is 13.2 Å². The van der Waals surface area contributed by atoms with Crippen molar-refractivity contribution >= 4 is 29.1 Å². The zero-order valence-corrected chi connectivity index (χ0v) is 21.3. The van der Waals surface area contributed by atoms with Crippen molar-refractivity contribution in [1.82, 2.24) is 5.32 Å². The number of ether oxygens (including phenoxy) is 1. The van der Waals surface area contributed by atoms with Crippen LogP contribution in [0.5, 0.6) is 5.75 Å². The molecule has 4 aromatic rings. The first kappa shape index (κ1) is 28.0. The van der Waals surface area contributed by atoms with Gasteiger partial charge in [0.25, 0.3) is 0 Å². The van der Waals surface area contributed by atoms with Gasteiger partial charge in [0.15, 0.2) is 0 Å². The third kappa shape index (κ3) is 6.06. The number of benzene rings is 4. The van der Waals surface area contributed by atoms with E-state index in [0.29, 0.717) is 11.1 Å². The van der Waals surface area contributed by atoms with E-state index in [9.17, 15) is 23.1 Å². The Morgan fingerprint density at radius 3 is 2.27 bits per heavy atom. The molecule has 8 heteroatoms. The first-order chi connectivity index (χ1) is 17.1. The van der Waals surface area contributed by atoms with Crippen LogP contribution in [0, 0.1) is 0 Å². The second-order valence-electron chi connectivity index (χ2n) is 8.74. The van der Waals surface area contributed by atoms with Gasteiger partial charge in [0, 0.05) is 12.1 Å². The van der Waals surface area contributed by atoms with Crippen molar-refractivity contribution in [3.8, 4) is 16.9 Å². The molecule has 0 bridgehead atoms. The predicted octanol–water partition coefficient (Wildman–Crippen LogP) is 8.07. The molecule has 0 radical (unpaired) electrons. The molecule has 2 N–H and O–H groups in total. The van der Waals surface area contributed by atoms with Crippen molar-refractivity contribution in [2.24, 2.45) is 0 Å². The minimum atomic E-state index is -4.79. The Kier molecular flexibility index (Phi) is 8.51. The van der Waals surface area contributed by atoms with E-state index in [-0.39, 0.29) is 24.5 Å². The normalized spacial score (nSPS) is 13.0. The van der Waals surface area contributed by atoms with Gasteiger partial charge >= 0.3 is 12.1 Å². The number of hydrogen-bond donors (Lipinski definition) is 2. The Balaban J connectivity index is 0.00000380. The summed E-state index contributed by atoms with van der Waals surface area (Å²) in [5, 5.41) is 14.5. The van der Waals surface area contributed by atoms with Gasteiger partial charge in [-0.25, -0.2) is 4.79 Å². The number of alkyl halides is 3. The van der Waals surface area contributed by atoms with Crippen LogP contribution in [0.4, 0.5) is 13.2 Å². The molecule has 1 unspecified atom stereocenters. The first-order valence-corrected chi connectivity index (χ1v) is 11.5. The number of halogens is 4. The average Bonchev–Trinajstić information content (AvgIpc) is 2.87. The van der Waals surface area contributed by atoms with Gasteiger partial charge in [0.05, 0.1) is 18.2 Å². The highest BCUT2D eigenvalue weighted by Gasteiger charge is 2.35. The summed E-state index contributed by atoms with van der Waals surface area (Å²) in [4.78, 5) is 11.4. The van der Waals surface area contributed by atoms with Gasteiger partial charge in [0.2, 0.25) is 0 Å². The van der Waals surface area contributed by atoms with Crippen LogP contribution in [-0.4, -0.2) is 18.2 Å². The highest BCUT2D eigenvalue weighted by molar-refractivity contribution is 5.98. The molecule has 0 saturated carbocycles. The molecule has 0 amide bonds. The van der Waals surface area contributed by atoms with Gasteiger partial charge in [-0.3, -0.25) is 0 Å². The van der Waals surface area contributed by atoms with Crippen molar-refractivity contribution in [2.75, 3.05) is 7.11 Å². The lowest BCUT2D eigenvalue weighted by atomic mass is 9.91. The van der Waals surface area contributed by atoms with Gasteiger partial charge in [0.1, 0.15) is 5.75 Å². The monoisotopic (exact) mass is 529 g/mol. The lowest BCUT2D eigenvalue weighted by molar-refractivity contribution is -0.138. The molecule has 0 spiro atoms. The fourth-order valence-corrected chi connectivity index (χ4v) is 4.43. The molecule has 4 aromatic carbocycles. The Bertz CT molecular complexity index is 1420. The Morgan fingerprint density at radius 1 is 0.892 bits per heavy atom. The first-order valence-electron chi connectivity index (χ1n) is 11.5. The number of aromatic carboxylic acids is 1. The average molecular weight is 530 g/mol. The Hall–Kier alpha value is -3.55. The fraction of sp³-hybridized carbons (Fsp3) is 0.207. The van der Waals surface area contributed by atoms with E-state index in [0.717, 1.165) is 39.8 Å². The SMILES string of the molecule is COc1cccc([C@@H](C)NC(C)c2cc(-c3ccc(C(=O)O)c(C(F)(F)F)c3)c3ccccc3c2)c1.Cl. The van der Waals surface area contributed by atoms with Gasteiger partial charge in [-0.1, -0.05) is 42.5 Å². The second-order valence-corrected chi connectivity index (χ2v) is 8.74. The maximum atomic E-state index is 13.7. The molecule has 0 aliphatic rings. The number of fused-ring (bicyclic) bond motifs is 1. The van der Waals surface area contributed by atoms with Crippen LogP contribution in [0.1, 0.15) is 53.0 Å². The molecule has 37 heavy (non-hydrogen) atoms. The zero-order valence-electron chi connectivity index (χ0n) is 20.5. The fourth-order valence-electron chi connectivity index (χ4n) is 4.43. The van der Waals surface area contributed by atoms with Gasteiger partial charge in [-0.05, 0) is 83.3 Å². The van der Waals surface area contributed by atoms with Crippen LogP contribution in [0.25, 0.3) is 21.9 Å². The molecular weight excluding hydrogens is 503 g/mol. The molecule has 194 valence electrons. The number of carboxylic acid groups (broad SMARTS) is 1. The van der Waals surface area contributed by atoms with E-state index in [1.807, 2.05) is 74.5 Å². The third-order valence-corrected chi connectivity index (χ3v) is 6.34. The number of carboxylic acids is 1. The third-order valence-electron chi connectivity index (χ3n) is 6.34. The minimum Gasteiger partial charge on any atom is -0.497 e. The van der Waals surface area contributed by atoms with Gasteiger partial charge < -0.3 is 15.2 Å². The number of hydrogen-bond acceptors (Lipinski definition) is 3. The minimum absolute atomic E-state index is 0. The van der Waals surface area contributed by atoms with Gasteiger partial charge in [-0.15, -0.1) is 12.4 Å². The van der Waals surface area contributed by atoms with E-state index in [1.165, 1.54) is 6.07 Å². The van der Waals surface area contributed by atoms with Crippen LogP contribution >= 0.6 is 12.4 Å². The quantitative estimate of drug-likeness (QED) is 0.254. The predicted molar refractivity (Wildman–Crippen MR) is 142 cm³/mol. The lowest BCUT2D eigenvalue weighted by Crippen LogP contribution is -2.22. The smallest absolute Gasteiger partial charge is 0.417 e. The summed E-state index contributed by atoms with van der Waals surface area (Å²) in [6.07, 6.45) is -4.79. The van der Waals surface area contributed by atoms with E-state index < -0.39 is 23.3 Å². The number of methoxy groups -OCH3 is 1. The van der Waals surface area contributed by atoms with Crippen molar-refractivity contribution in [3.05, 3.63) is 101 Å². The Labute approximate surface area is 219 Å². The standard InChI is InChI=1S/C29H26F3NO3.ClH/c1-17(19-8-6-9-23(14-19)36-3)33-18(2)22-13-20-7-4-5-10-24(20)26(15-22)21-11-12-25(28(34)35)27(16-21)29(30,31)32;/h4-18,33H,1-3H3,(H,34,35);1H/t17-,18?;/m1./s1. The zero-order chi connectivity index (χ0) is 26.0. The molecule has 4 nitrogen and oxygen atoms in total. The number of rotatable bonds is 7. The van der Waals surface area contributed by atoms with Crippen LogP contribution in [-0.2, 0) is 6.18 Å². The van der Waals surface area contributed by atoms with E-state index in [2.05, 4.69) is 5.32 Å². The Morgan fingerprint density at radius 2 is 1.59 bits per heavy atom. The summed E-state index contributed by atoms with van der Waals surface area (Å²) in [6.45, 7) is 4.03. The van der Waals surface area contributed by atoms with Crippen molar-refractivity contribution in [1.29, 1.82) is 0 Å². The van der Waals surface area contributed by atoms with Crippen LogP contribution in [0.3, 0.4) is 0 Å². The van der Waals surface area contributed by atoms with Crippen molar-refractivity contribution < 1.29 is 27.8 Å². The topological polar surface area (TPSA) is 58.6 Å². The van der Waals surface area contributed by atoms with Crippen molar-refractivity contribution in [3.63, 3.8) is 0 Å². The van der Waals surface area contributed by atoms with E-state index in [1.54, 1.807) is 7.11 Å². The number of carbonyl (C=O) groups is 1. The highest BCUT2D eigenvalue weighted by atomic mass is 35.5. The molecule has 0 aliphatic heterocycles. The summed E-state index contributed by atoms with van der Waals surface area (Å²) >= 11 is 0. The summed E-state index contributed by atoms with van der Waals surface area (Å²) in [6, 6.07) is 22.3. The van der Waals surface area contributed by atoms with E-state index >= 15 is 0 Å². The molecular formula is C29H27ClF3NO3. The summed E-state index contributed by atoms with van der Waals surface area (Å²) in [5.74, 6) is -0.857. The molecule has 0 aromatic heterocycles. The summed E-state index contributed by atoms with van der Waals surface area (Å²) < 4.78 is 46.4. The molecule has 0 fully saturated rings. The summed E-state index contributed by atoms with van der Waals surface area (Å²) in [7, 11) is 1.61. The summed E-state index contributed by atoms with van der Waals surface area (Å²) in [5.41, 5.74) is 0.913. The largest absolute Gasteiger partial charge is 0.497 e. The van der Waals surface area contributed by atoms with E-state index in [4.69, 9.17) is 4.74 Å². The van der Waals surface area contributed by atoms with Crippen LogP contribution in [0.2, 0.25) is 0 Å². The molecule has 2 atom stereocenters.